The molecule has 28 heavy (non-hydrogen) atoms. The standard InChI is InChI=1S/C21H22FN3O2S/c1-2-3-8-23-20-17-6-4-5-7-18(17)24-21(25-20)28-12-15-10-16(22)9-14-11-26-13-27-19(14)15/h4-7,9-10H,2-3,8,11-13H2,1H3,(H,23,24,25). The third kappa shape index (κ3) is 4.20. The van der Waals surface area contributed by atoms with Gasteiger partial charge in [-0.2, -0.15) is 0 Å². The van der Waals surface area contributed by atoms with Gasteiger partial charge in [0.15, 0.2) is 11.9 Å². The molecule has 1 aliphatic rings. The van der Waals surface area contributed by atoms with Gasteiger partial charge >= 0.3 is 0 Å². The van der Waals surface area contributed by atoms with Crippen LogP contribution in [0.2, 0.25) is 0 Å². The largest absolute Gasteiger partial charge is 0.467 e. The summed E-state index contributed by atoms with van der Waals surface area (Å²) in [6, 6.07) is 10.9. The molecule has 0 atom stereocenters. The highest BCUT2D eigenvalue weighted by Crippen LogP contribution is 2.34. The van der Waals surface area contributed by atoms with E-state index < -0.39 is 0 Å². The molecule has 0 saturated carbocycles. The molecule has 1 N–H and O–H groups in total. The number of fused-ring (bicyclic) bond motifs is 2. The number of nitrogens with one attached hydrogen (secondary N) is 1. The van der Waals surface area contributed by atoms with Crippen molar-refractivity contribution in [3.8, 4) is 5.75 Å². The average molecular weight is 399 g/mol. The van der Waals surface area contributed by atoms with E-state index in [0.29, 0.717) is 23.3 Å². The van der Waals surface area contributed by atoms with E-state index in [0.717, 1.165) is 47.2 Å². The van der Waals surface area contributed by atoms with Crippen LogP contribution >= 0.6 is 11.8 Å². The summed E-state index contributed by atoms with van der Waals surface area (Å²) in [5.74, 6) is 1.78. The lowest BCUT2D eigenvalue weighted by Crippen LogP contribution is -2.13. The number of unbranched alkanes of at least 4 members (excludes halogenated alkanes) is 1. The third-order valence-electron chi connectivity index (χ3n) is 4.51. The molecule has 2 aromatic carbocycles. The summed E-state index contributed by atoms with van der Waals surface area (Å²) in [6.45, 7) is 3.58. The van der Waals surface area contributed by atoms with Gasteiger partial charge in [-0.05, 0) is 30.7 Å². The van der Waals surface area contributed by atoms with Crippen LogP contribution in [0.25, 0.3) is 10.9 Å². The van der Waals surface area contributed by atoms with Crippen molar-refractivity contribution < 1.29 is 13.9 Å². The number of thioether (sulfide) groups is 1. The fourth-order valence-electron chi connectivity index (χ4n) is 3.14. The Labute approximate surface area is 167 Å². The fourth-order valence-corrected chi connectivity index (χ4v) is 3.96. The molecule has 0 fully saturated rings. The number of aromatic nitrogens is 2. The summed E-state index contributed by atoms with van der Waals surface area (Å²) in [5.41, 5.74) is 2.42. The lowest BCUT2D eigenvalue weighted by atomic mass is 10.1. The maximum atomic E-state index is 14.0. The van der Waals surface area contributed by atoms with Crippen molar-refractivity contribution in [2.45, 2.75) is 37.3 Å². The normalized spacial score (nSPS) is 13.2. The molecule has 0 aliphatic carbocycles. The second-order valence-corrected chi connectivity index (χ2v) is 7.55. The van der Waals surface area contributed by atoms with E-state index >= 15 is 0 Å². The highest BCUT2D eigenvalue weighted by molar-refractivity contribution is 7.98. The van der Waals surface area contributed by atoms with Crippen molar-refractivity contribution >= 4 is 28.5 Å². The number of para-hydroxylation sites is 1. The Morgan fingerprint density at radius 2 is 2.11 bits per heavy atom. The monoisotopic (exact) mass is 399 g/mol. The molecule has 4 rings (SSSR count). The van der Waals surface area contributed by atoms with Crippen LogP contribution in [0, 0.1) is 5.82 Å². The van der Waals surface area contributed by atoms with Crippen molar-refractivity contribution in [1.29, 1.82) is 0 Å². The molecule has 5 nitrogen and oxygen atoms in total. The van der Waals surface area contributed by atoms with Crippen LogP contribution in [0.5, 0.6) is 5.75 Å². The van der Waals surface area contributed by atoms with Crippen molar-refractivity contribution in [1.82, 2.24) is 9.97 Å². The Kier molecular flexibility index (Phi) is 5.92. The molecule has 1 aliphatic heterocycles. The summed E-state index contributed by atoms with van der Waals surface area (Å²) in [7, 11) is 0. The Morgan fingerprint density at radius 3 is 3.00 bits per heavy atom. The van der Waals surface area contributed by atoms with E-state index in [4.69, 9.17) is 14.5 Å². The number of hydrogen-bond donors (Lipinski definition) is 1. The van der Waals surface area contributed by atoms with Gasteiger partial charge in [0.1, 0.15) is 17.4 Å². The van der Waals surface area contributed by atoms with E-state index in [1.807, 2.05) is 24.3 Å². The lowest BCUT2D eigenvalue weighted by Gasteiger charge is -2.20. The predicted molar refractivity (Wildman–Crippen MR) is 109 cm³/mol. The molecule has 1 aromatic heterocycles. The second kappa shape index (κ2) is 8.75. The molecule has 0 radical (unpaired) electrons. The summed E-state index contributed by atoms with van der Waals surface area (Å²) in [6.07, 6.45) is 2.20. The Morgan fingerprint density at radius 1 is 1.21 bits per heavy atom. The lowest BCUT2D eigenvalue weighted by molar-refractivity contribution is -0.0171. The quantitative estimate of drug-likeness (QED) is 0.337. The van der Waals surface area contributed by atoms with Crippen LogP contribution in [0.4, 0.5) is 10.2 Å². The highest BCUT2D eigenvalue weighted by Gasteiger charge is 2.18. The van der Waals surface area contributed by atoms with E-state index in [-0.39, 0.29) is 12.6 Å². The Balaban J connectivity index is 1.59. The second-order valence-electron chi connectivity index (χ2n) is 6.60. The molecule has 0 amide bonds. The van der Waals surface area contributed by atoms with Crippen LogP contribution in [0.3, 0.4) is 0 Å². The first-order valence-electron chi connectivity index (χ1n) is 9.40. The minimum absolute atomic E-state index is 0.189. The zero-order valence-electron chi connectivity index (χ0n) is 15.7. The van der Waals surface area contributed by atoms with Gasteiger partial charge in [0, 0.05) is 28.8 Å². The van der Waals surface area contributed by atoms with Crippen LogP contribution in [-0.4, -0.2) is 23.3 Å². The number of hydrogen-bond acceptors (Lipinski definition) is 6. The molecule has 2 heterocycles. The first-order chi connectivity index (χ1) is 13.7. The van der Waals surface area contributed by atoms with Gasteiger partial charge < -0.3 is 14.8 Å². The number of benzene rings is 2. The SMILES string of the molecule is CCCCNc1nc(SCc2cc(F)cc3c2OCOC3)nc2ccccc12. The van der Waals surface area contributed by atoms with E-state index in [1.54, 1.807) is 0 Å². The third-order valence-corrected chi connectivity index (χ3v) is 5.41. The van der Waals surface area contributed by atoms with Crippen molar-refractivity contribution in [2.75, 3.05) is 18.7 Å². The van der Waals surface area contributed by atoms with Crippen LogP contribution in [0.15, 0.2) is 41.6 Å². The topological polar surface area (TPSA) is 56.3 Å². The predicted octanol–water partition coefficient (Wildman–Crippen LogP) is 5.14. The number of ether oxygens (including phenoxy) is 2. The van der Waals surface area contributed by atoms with Crippen LogP contribution < -0.4 is 10.1 Å². The van der Waals surface area contributed by atoms with Gasteiger partial charge in [0.25, 0.3) is 0 Å². The van der Waals surface area contributed by atoms with Gasteiger partial charge in [-0.15, -0.1) is 0 Å². The average Bonchev–Trinajstić information content (AvgIpc) is 2.72. The molecular formula is C21H22FN3O2S. The zero-order chi connectivity index (χ0) is 19.3. The number of rotatable bonds is 7. The Bertz CT molecular complexity index is 983. The number of anilines is 1. The summed E-state index contributed by atoms with van der Waals surface area (Å²) in [5, 5.41) is 5.08. The fraction of sp³-hybridized carbons (Fsp3) is 0.333. The molecule has 7 heteroatoms. The van der Waals surface area contributed by atoms with Crippen molar-refractivity contribution in [2.24, 2.45) is 0 Å². The maximum absolute atomic E-state index is 14.0. The molecule has 3 aromatic rings. The first-order valence-corrected chi connectivity index (χ1v) is 10.4. The summed E-state index contributed by atoms with van der Waals surface area (Å²) < 4.78 is 24.8. The van der Waals surface area contributed by atoms with Gasteiger partial charge in [-0.1, -0.05) is 37.2 Å². The van der Waals surface area contributed by atoms with Crippen LogP contribution in [-0.2, 0) is 17.1 Å². The first kappa shape index (κ1) is 19.0. The molecule has 0 bridgehead atoms. The van der Waals surface area contributed by atoms with E-state index in [2.05, 4.69) is 17.2 Å². The minimum atomic E-state index is -0.287. The molecule has 146 valence electrons. The molecular weight excluding hydrogens is 377 g/mol. The zero-order valence-corrected chi connectivity index (χ0v) is 16.5. The van der Waals surface area contributed by atoms with Gasteiger partial charge in [0.05, 0.1) is 12.1 Å². The molecule has 0 unspecified atom stereocenters. The number of halogens is 1. The highest BCUT2D eigenvalue weighted by atomic mass is 32.2. The minimum Gasteiger partial charge on any atom is -0.467 e. The van der Waals surface area contributed by atoms with Crippen molar-refractivity contribution in [3.63, 3.8) is 0 Å². The molecule has 0 saturated heterocycles. The van der Waals surface area contributed by atoms with Gasteiger partial charge in [-0.3, -0.25) is 0 Å². The molecule has 0 spiro atoms. The summed E-state index contributed by atoms with van der Waals surface area (Å²) in [4.78, 5) is 9.37. The smallest absolute Gasteiger partial charge is 0.190 e. The Hall–Kier alpha value is -2.38. The van der Waals surface area contributed by atoms with E-state index in [1.165, 1.54) is 23.9 Å². The van der Waals surface area contributed by atoms with E-state index in [9.17, 15) is 4.39 Å². The summed E-state index contributed by atoms with van der Waals surface area (Å²) >= 11 is 1.47. The van der Waals surface area contributed by atoms with Crippen molar-refractivity contribution in [3.05, 3.63) is 53.3 Å². The van der Waals surface area contributed by atoms with Crippen LogP contribution in [0.1, 0.15) is 30.9 Å². The number of nitrogens with zero attached hydrogens (tertiary/aromatic N) is 2. The van der Waals surface area contributed by atoms with Gasteiger partial charge in [0.2, 0.25) is 0 Å². The maximum Gasteiger partial charge on any atom is 0.190 e. The van der Waals surface area contributed by atoms with Gasteiger partial charge in [-0.25, -0.2) is 14.4 Å².